The molecule has 0 aliphatic carbocycles. The van der Waals surface area contributed by atoms with Gasteiger partial charge in [0.1, 0.15) is 0 Å². The zero-order chi connectivity index (χ0) is 18.8. The highest BCUT2D eigenvalue weighted by molar-refractivity contribution is 5.90. The molecule has 2 atom stereocenters. The number of urea groups is 1. The maximum Gasteiger partial charge on any atom is 0.322 e. The van der Waals surface area contributed by atoms with E-state index in [1.54, 1.807) is 0 Å². The summed E-state index contributed by atoms with van der Waals surface area (Å²) >= 11 is 0. The molecule has 3 aliphatic heterocycles. The Morgan fingerprint density at radius 2 is 2.00 bits per heavy atom. The molecule has 2 bridgehead atoms. The maximum absolute atomic E-state index is 13.0. The van der Waals surface area contributed by atoms with Crippen LogP contribution in [0.25, 0.3) is 0 Å². The van der Waals surface area contributed by atoms with Gasteiger partial charge in [0.25, 0.3) is 0 Å². The molecule has 1 aromatic heterocycles. The summed E-state index contributed by atoms with van der Waals surface area (Å²) in [5, 5.41) is 3.15. The molecule has 5 rings (SSSR count). The van der Waals surface area contributed by atoms with Crippen molar-refractivity contribution < 1.29 is 4.79 Å². The van der Waals surface area contributed by atoms with E-state index in [1.807, 2.05) is 30.5 Å². The number of nitrogens with zero attached hydrogens (tertiary/aromatic N) is 3. The van der Waals surface area contributed by atoms with Gasteiger partial charge in [-0.2, -0.15) is 0 Å². The molecule has 3 saturated heterocycles. The quantitative estimate of drug-likeness (QED) is 0.900. The second-order valence-corrected chi connectivity index (χ2v) is 7.94. The molecule has 2 amide bonds. The van der Waals surface area contributed by atoms with Gasteiger partial charge in [-0.05, 0) is 61.9 Å². The zero-order valence-electron chi connectivity index (χ0n) is 16.2. The van der Waals surface area contributed by atoms with Crippen LogP contribution in [0, 0.1) is 19.8 Å². The monoisotopic (exact) mass is 364 g/mol. The lowest BCUT2D eigenvalue weighted by Crippen LogP contribution is -2.49. The van der Waals surface area contributed by atoms with Crippen LogP contribution in [0.4, 0.5) is 10.5 Å². The number of hydrogen-bond acceptors (Lipinski definition) is 3. The number of carbonyl (C=O) groups excluding carboxylic acids is 1. The Labute approximate surface area is 161 Å². The molecule has 2 aromatic rings. The fourth-order valence-electron chi connectivity index (χ4n) is 4.35. The molecule has 3 fully saturated rings. The van der Waals surface area contributed by atoms with Crippen molar-refractivity contribution in [3.63, 3.8) is 0 Å². The number of rotatable bonds is 3. The predicted octanol–water partition coefficient (Wildman–Crippen LogP) is 3.83. The largest absolute Gasteiger partial charge is 0.322 e. The van der Waals surface area contributed by atoms with E-state index in [0.29, 0.717) is 5.92 Å². The van der Waals surface area contributed by atoms with Crippen LogP contribution in [-0.2, 0) is 6.54 Å². The first-order valence-electron chi connectivity index (χ1n) is 9.86. The van der Waals surface area contributed by atoms with Crippen molar-refractivity contribution in [2.24, 2.45) is 5.92 Å². The van der Waals surface area contributed by atoms with Crippen LogP contribution in [0.5, 0.6) is 0 Å². The van der Waals surface area contributed by atoms with Crippen LogP contribution in [0.2, 0.25) is 0 Å². The molecule has 0 unspecified atom stereocenters. The fraction of sp³-hybridized carbons (Fsp3) is 0.455. The lowest BCUT2D eigenvalue weighted by molar-refractivity contribution is 0.151. The van der Waals surface area contributed by atoms with Gasteiger partial charge in [0.2, 0.25) is 0 Å². The standard InChI is InChI=1S/C22H28N4O/c1-16-6-5-8-21(17(16)2)24-22(27)26-13-18-9-10-20(26)15-25(12-18)14-19-7-3-4-11-23-19/h3-8,11,18,20H,9-10,12-15H2,1-2H3,(H,24,27)/t18-,20+/m0/s1. The van der Waals surface area contributed by atoms with E-state index in [9.17, 15) is 4.79 Å². The van der Waals surface area contributed by atoms with Crippen LogP contribution >= 0.6 is 0 Å². The molecule has 5 nitrogen and oxygen atoms in total. The molecule has 27 heavy (non-hydrogen) atoms. The molecule has 3 aliphatic rings. The summed E-state index contributed by atoms with van der Waals surface area (Å²) in [4.78, 5) is 22.0. The number of hydrogen-bond donors (Lipinski definition) is 1. The van der Waals surface area contributed by atoms with Crippen molar-refractivity contribution in [1.82, 2.24) is 14.8 Å². The summed E-state index contributed by atoms with van der Waals surface area (Å²) in [6.45, 7) is 7.82. The van der Waals surface area contributed by atoms with Crippen LogP contribution < -0.4 is 5.32 Å². The molecule has 1 N–H and O–H groups in total. The molecule has 4 heterocycles. The first kappa shape index (κ1) is 18.0. The maximum atomic E-state index is 13.0. The predicted molar refractivity (Wildman–Crippen MR) is 108 cm³/mol. The van der Waals surface area contributed by atoms with E-state index in [1.165, 1.54) is 12.0 Å². The van der Waals surface area contributed by atoms with Gasteiger partial charge in [-0.3, -0.25) is 9.88 Å². The second-order valence-electron chi connectivity index (χ2n) is 7.94. The SMILES string of the molecule is Cc1cccc(NC(=O)N2C[C@H]3CC[C@@H]2CN(Cc2ccccn2)C3)c1C. The minimum Gasteiger partial charge on any atom is -0.320 e. The van der Waals surface area contributed by atoms with Gasteiger partial charge < -0.3 is 10.2 Å². The van der Waals surface area contributed by atoms with Crippen LogP contribution in [-0.4, -0.2) is 46.5 Å². The third-order valence-corrected chi connectivity index (χ3v) is 6.01. The lowest BCUT2D eigenvalue weighted by Gasteiger charge is -2.36. The highest BCUT2D eigenvalue weighted by Crippen LogP contribution is 2.29. The molecule has 5 heteroatoms. The van der Waals surface area contributed by atoms with Gasteiger partial charge in [-0.15, -0.1) is 0 Å². The topological polar surface area (TPSA) is 48.5 Å². The number of aromatic nitrogens is 1. The summed E-state index contributed by atoms with van der Waals surface area (Å²) in [7, 11) is 0. The van der Waals surface area contributed by atoms with Crippen molar-refractivity contribution in [3.05, 3.63) is 59.4 Å². The van der Waals surface area contributed by atoms with E-state index >= 15 is 0 Å². The Hall–Kier alpha value is -2.40. The number of carbonyl (C=O) groups is 1. The normalized spacial score (nSPS) is 22.5. The van der Waals surface area contributed by atoms with E-state index in [4.69, 9.17) is 0 Å². The average Bonchev–Trinajstić information content (AvgIpc) is 2.97. The number of fused-ring (bicyclic) bond motifs is 4. The first-order valence-corrected chi connectivity index (χ1v) is 9.86. The van der Waals surface area contributed by atoms with Crippen LogP contribution in [0.15, 0.2) is 42.6 Å². The van der Waals surface area contributed by atoms with Crippen LogP contribution in [0.3, 0.4) is 0 Å². The lowest BCUT2D eigenvalue weighted by atomic mass is 9.95. The van der Waals surface area contributed by atoms with Crippen molar-refractivity contribution in [2.75, 3.05) is 25.0 Å². The smallest absolute Gasteiger partial charge is 0.320 e. The van der Waals surface area contributed by atoms with Crippen molar-refractivity contribution in [2.45, 2.75) is 39.3 Å². The van der Waals surface area contributed by atoms with E-state index < -0.39 is 0 Å². The van der Waals surface area contributed by atoms with Gasteiger partial charge in [0.05, 0.1) is 5.69 Å². The molecular weight excluding hydrogens is 336 g/mol. The Balaban J connectivity index is 1.45. The molecule has 142 valence electrons. The van der Waals surface area contributed by atoms with Gasteiger partial charge in [-0.25, -0.2) is 4.79 Å². The van der Waals surface area contributed by atoms with Crippen molar-refractivity contribution in [1.29, 1.82) is 0 Å². The summed E-state index contributed by atoms with van der Waals surface area (Å²) in [5.74, 6) is 0.539. The molecule has 0 spiro atoms. The van der Waals surface area contributed by atoms with Crippen LogP contribution in [0.1, 0.15) is 29.7 Å². The summed E-state index contributed by atoms with van der Waals surface area (Å²) < 4.78 is 0. The Kier molecular flexibility index (Phi) is 5.12. The third-order valence-electron chi connectivity index (χ3n) is 6.01. The Bertz CT molecular complexity index is 807. The Morgan fingerprint density at radius 1 is 1.11 bits per heavy atom. The van der Waals surface area contributed by atoms with Crippen molar-refractivity contribution in [3.8, 4) is 0 Å². The average molecular weight is 364 g/mol. The zero-order valence-corrected chi connectivity index (χ0v) is 16.2. The fourth-order valence-corrected chi connectivity index (χ4v) is 4.35. The number of nitrogens with one attached hydrogen (secondary N) is 1. The van der Waals surface area contributed by atoms with E-state index in [-0.39, 0.29) is 12.1 Å². The summed E-state index contributed by atoms with van der Waals surface area (Å²) in [5.41, 5.74) is 4.37. The highest BCUT2D eigenvalue weighted by atomic mass is 16.2. The van der Waals surface area contributed by atoms with Crippen molar-refractivity contribution >= 4 is 11.7 Å². The van der Waals surface area contributed by atoms with Gasteiger partial charge in [0.15, 0.2) is 0 Å². The number of benzene rings is 1. The van der Waals surface area contributed by atoms with E-state index in [2.05, 4.69) is 46.1 Å². The second kappa shape index (κ2) is 7.69. The number of amides is 2. The third kappa shape index (κ3) is 3.98. The molecule has 0 saturated carbocycles. The number of anilines is 1. The number of piperidine rings is 1. The number of aryl methyl sites for hydroxylation is 1. The summed E-state index contributed by atoms with van der Waals surface area (Å²) in [6.07, 6.45) is 4.14. The van der Waals surface area contributed by atoms with Gasteiger partial charge in [0, 0.05) is 44.1 Å². The minimum atomic E-state index is 0.0399. The summed E-state index contributed by atoms with van der Waals surface area (Å²) in [6, 6.07) is 12.5. The minimum absolute atomic E-state index is 0.0399. The van der Waals surface area contributed by atoms with E-state index in [0.717, 1.165) is 49.5 Å². The Morgan fingerprint density at radius 3 is 2.81 bits per heavy atom. The highest BCUT2D eigenvalue weighted by Gasteiger charge is 2.37. The first-order chi connectivity index (χ1) is 13.1. The number of pyridine rings is 1. The molecular formula is C22H28N4O. The van der Waals surface area contributed by atoms with Gasteiger partial charge in [-0.1, -0.05) is 18.2 Å². The molecule has 1 aromatic carbocycles. The molecule has 0 radical (unpaired) electrons. The van der Waals surface area contributed by atoms with Gasteiger partial charge >= 0.3 is 6.03 Å².